The van der Waals surface area contributed by atoms with E-state index in [4.69, 9.17) is 0 Å². The number of hydrogen-bond acceptors (Lipinski definition) is 1. The van der Waals surface area contributed by atoms with Crippen molar-refractivity contribution >= 4 is 15.9 Å². The molecule has 1 heterocycles. The van der Waals surface area contributed by atoms with Crippen LogP contribution in [0.1, 0.15) is 6.92 Å². The Morgan fingerprint density at radius 3 is 3.00 bits per heavy atom. The zero-order valence-corrected chi connectivity index (χ0v) is 6.14. The second-order valence-electron chi connectivity index (χ2n) is 1.44. The number of halogens is 1. The van der Waals surface area contributed by atoms with E-state index in [0.29, 0.717) is 0 Å². The van der Waals surface area contributed by atoms with E-state index in [9.17, 15) is 0 Å². The second kappa shape index (κ2) is 2.31. The van der Waals surface area contributed by atoms with Crippen LogP contribution in [0, 0.1) is 6.20 Å². The molecule has 1 radical (unpaired) electrons. The molecule has 2 nitrogen and oxygen atoms in total. The van der Waals surface area contributed by atoms with Gasteiger partial charge in [0.15, 0.2) is 0 Å². The van der Waals surface area contributed by atoms with Crippen molar-refractivity contribution in [3.63, 3.8) is 0 Å². The predicted octanol–water partition coefficient (Wildman–Crippen LogP) is 1.47. The van der Waals surface area contributed by atoms with E-state index in [1.54, 1.807) is 0 Å². The van der Waals surface area contributed by atoms with Crippen LogP contribution in [0.2, 0.25) is 0 Å². The Kier molecular flexibility index (Phi) is 1.68. The van der Waals surface area contributed by atoms with Crippen LogP contribution in [-0.2, 0) is 6.54 Å². The highest BCUT2D eigenvalue weighted by atomic mass is 79.9. The van der Waals surface area contributed by atoms with Crippen LogP contribution in [0.15, 0.2) is 10.7 Å². The lowest BCUT2D eigenvalue weighted by atomic mass is 10.7. The Bertz CT molecular complexity index is 171. The van der Waals surface area contributed by atoms with E-state index in [1.165, 1.54) is 0 Å². The van der Waals surface area contributed by atoms with Gasteiger partial charge in [0.1, 0.15) is 6.20 Å². The minimum Gasteiger partial charge on any atom is -0.271 e. The fraction of sp³-hybridized carbons (Fsp3) is 0.400. The maximum Gasteiger partial charge on any atom is 0.128 e. The molecule has 8 heavy (non-hydrogen) atoms. The van der Waals surface area contributed by atoms with Gasteiger partial charge in [0, 0.05) is 12.7 Å². The van der Waals surface area contributed by atoms with Gasteiger partial charge in [0.25, 0.3) is 0 Å². The van der Waals surface area contributed by atoms with Gasteiger partial charge in [-0.05, 0) is 22.9 Å². The van der Waals surface area contributed by atoms with Crippen molar-refractivity contribution in [2.24, 2.45) is 0 Å². The summed E-state index contributed by atoms with van der Waals surface area (Å²) in [7, 11) is 0. The van der Waals surface area contributed by atoms with Crippen LogP contribution in [0.3, 0.4) is 0 Å². The van der Waals surface area contributed by atoms with Crippen LogP contribution in [0.5, 0.6) is 0 Å². The van der Waals surface area contributed by atoms with Gasteiger partial charge in [-0.3, -0.25) is 4.68 Å². The first-order chi connectivity index (χ1) is 3.83. The fourth-order valence-corrected chi connectivity index (χ4v) is 0.778. The molecule has 43 valence electrons. The second-order valence-corrected chi connectivity index (χ2v) is 2.30. The van der Waals surface area contributed by atoms with E-state index in [0.717, 1.165) is 11.0 Å². The lowest BCUT2D eigenvalue weighted by Gasteiger charge is -1.87. The molecule has 0 unspecified atom stereocenters. The van der Waals surface area contributed by atoms with E-state index in [-0.39, 0.29) is 0 Å². The Morgan fingerprint density at radius 1 is 2.00 bits per heavy atom. The first-order valence-corrected chi connectivity index (χ1v) is 3.23. The molecule has 0 saturated carbocycles. The Labute approximate surface area is 56.6 Å². The van der Waals surface area contributed by atoms with Crippen molar-refractivity contribution in [3.05, 3.63) is 16.9 Å². The molecule has 1 aromatic heterocycles. The maximum absolute atomic E-state index is 3.88. The predicted molar refractivity (Wildman–Crippen MR) is 34.4 cm³/mol. The van der Waals surface area contributed by atoms with Gasteiger partial charge in [-0.25, -0.2) is 0 Å². The van der Waals surface area contributed by atoms with Crippen molar-refractivity contribution in [2.75, 3.05) is 0 Å². The molecule has 3 heteroatoms. The first kappa shape index (κ1) is 5.82. The third kappa shape index (κ3) is 1.10. The lowest BCUT2D eigenvalue weighted by Crippen LogP contribution is -1.91. The molecule has 0 fully saturated rings. The average Bonchev–Trinajstić information content (AvgIpc) is 2.14. The molecule has 1 rings (SSSR count). The van der Waals surface area contributed by atoms with Crippen molar-refractivity contribution in [1.82, 2.24) is 9.78 Å². The molecular weight excluding hydrogens is 168 g/mol. The largest absolute Gasteiger partial charge is 0.271 e. The summed E-state index contributed by atoms with van der Waals surface area (Å²) in [6.07, 6.45) is 4.64. The van der Waals surface area contributed by atoms with E-state index < -0.39 is 0 Å². The molecule has 0 spiro atoms. The smallest absolute Gasteiger partial charge is 0.128 e. The SMILES string of the molecule is CCn1cc(Br)[c]n1. The van der Waals surface area contributed by atoms with Gasteiger partial charge in [-0.15, -0.1) is 0 Å². The quantitative estimate of drug-likeness (QED) is 0.630. The Balaban J connectivity index is 2.84. The van der Waals surface area contributed by atoms with Crippen LogP contribution in [-0.4, -0.2) is 9.78 Å². The van der Waals surface area contributed by atoms with Crippen LogP contribution < -0.4 is 0 Å². The molecule has 0 N–H and O–H groups in total. The summed E-state index contributed by atoms with van der Waals surface area (Å²) >= 11 is 3.23. The first-order valence-electron chi connectivity index (χ1n) is 2.43. The molecule has 0 aliphatic rings. The maximum atomic E-state index is 3.88. The molecule has 0 bridgehead atoms. The minimum absolute atomic E-state index is 0.905. The van der Waals surface area contributed by atoms with Crippen LogP contribution in [0.4, 0.5) is 0 Å². The number of rotatable bonds is 1. The van der Waals surface area contributed by atoms with Crippen LogP contribution >= 0.6 is 15.9 Å². The van der Waals surface area contributed by atoms with Gasteiger partial charge in [0.2, 0.25) is 0 Å². The summed E-state index contributed by atoms with van der Waals surface area (Å²) in [5.74, 6) is 0. The van der Waals surface area contributed by atoms with Crippen LogP contribution in [0.25, 0.3) is 0 Å². The molecular formula is C5H6BrN2. The number of hydrogen-bond donors (Lipinski definition) is 0. The van der Waals surface area contributed by atoms with Gasteiger partial charge in [-0.1, -0.05) is 0 Å². The fourth-order valence-electron chi connectivity index (χ4n) is 0.463. The Hall–Kier alpha value is -0.310. The third-order valence-electron chi connectivity index (χ3n) is 0.872. The van der Waals surface area contributed by atoms with Gasteiger partial charge in [0.05, 0.1) is 4.47 Å². The summed E-state index contributed by atoms with van der Waals surface area (Å²) < 4.78 is 2.73. The number of aromatic nitrogens is 2. The molecule has 0 atom stereocenters. The molecule has 0 aliphatic carbocycles. The van der Waals surface area contributed by atoms with Gasteiger partial charge >= 0.3 is 0 Å². The van der Waals surface area contributed by atoms with E-state index in [1.807, 2.05) is 17.8 Å². The zero-order chi connectivity index (χ0) is 5.98. The highest BCUT2D eigenvalue weighted by Gasteiger charge is 1.89. The molecule has 0 saturated heterocycles. The van der Waals surface area contributed by atoms with E-state index in [2.05, 4.69) is 27.2 Å². The topological polar surface area (TPSA) is 17.8 Å². The van der Waals surface area contributed by atoms with Crippen molar-refractivity contribution in [2.45, 2.75) is 13.5 Å². The highest BCUT2D eigenvalue weighted by molar-refractivity contribution is 9.10. The molecule has 0 aromatic carbocycles. The molecule has 1 aromatic rings. The summed E-state index contributed by atoms with van der Waals surface area (Å²) in [5, 5.41) is 3.88. The molecule has 0 amide bonds. The van der Waals surface area contributed by atoms with Crippen molar-refractivity contribution in [1.29, 1.82) is 0 Å². The number of nitrogens with zero attached hydrogens (tertiary/aromatic N) is 2. The lowest BCUT2D eigenvalue weighted by molar-refractivity contribution is 0.658. The van der Waals surface area contributed by atoms with Crippen molar-refractivity contribution < 1.29 is 0 Å². The highest BCUT2D eigenvalue weighted by Crippen LogP contribution is 2.04. The van der Waals surface area contributed by atoms with E-state index >= 15 is 0 Å². The summed E-state index contributed by atoms with van der Waals surface area (Å²) in [4.78, 5) is 0. The number of aryl methyl sites for hydroxylation is 1. The average molecular weight is 174 g/mol. The summed E-state index contributed by atoms with van der Waals surface area (Å²) in [6.45, 7) is 2.94. The van der Waals surface area contributed by atoms with Gasteiger partial charge in [-0.2, -0.15) is 5.10 Å². The van der Waals surface area contributed by atoms with Gasteiger partial charge < -0.3 is 0 Å². The summed E-state index contributed by atoms with van der Waals surface area (Å²) in [6, 6.07) is 0. The zero-order valence-electron chi connectivity index (χ0n) is 4.56. The minimum atomic E-state index is 0.905. The summed E-state index contributed by atoms with van der Waals surface area (Å²) in [5.41, 5.74) is 0. The standard InChI is InChI=1S/C5H6BrN2/c1-2-8-4-5(6)3-7-8/h4H,2H2,1H3. The Morgan fingerprint density at radius 2 is 2.75 bits per heavy atom. The van der Waals surface area contributed by atoms with Crippen molar-refractivity contribution in [3.8, 4) is 0 Å². The normalized spacial score (nSPS) is 9.75. The monoisotopic (exact) mass is 173 g/mol. The molecule has 0 aliphatic heterocycles. The third-order valence-corrected chi connectivity index (χ3v) is 1.25.